The normalized spacial score (nSPS) is 13.3. The molecule has 0 atom stereocenters. The molecule has 0 aromatic heterocycles. The maximum Gasteiger partial charge on any atom is 0.274 e. The van der Waals surface area contributed by atoms with Crippen LogP contribution in [0.5, 0.6) is 0 Å². The standard InChI is InChI=1S/C29H27N3O4/c33-27(30-19-22-10-13-24(14-11-22)28(34)32-36)17-12-20-6-8-21(9-7-20)18-26(23-4-2-1-3-5-23)29(35)31-25-15-16-25/h1-14,17-18,25,36H,15-16,19H2,(H,30,33)(H,31,35)(H,32,34)/b17-12?,26-18+. The van der Waals surface area contributed by atoms with Crippen LogP contribution in [0.1, 0.15) is 45.5 Å². The summed E-state index contributed by atoms with van der Waals surface area (Å²) in [7, 11) is 0. The van der Waals surface area contributed by atoms with E-state index in [1.165, 1.54) is 6.08 Å². The zero-order chi connectivity index (χ0) is 25.3. The number of nitrogens with one attached hydrogen (secondary N) is 3. The van der Waals surface area contributed by atoms with Crippen LogP contribution in [0.4, 0.5) is 0 Å². The van der Waals surface area contributed by atoms with Crippen molar-refractivity contribution in [3.63, 3.8) is 0 Å². The van der Waals surface area contributed by atoms with E-state index >= 15 is 0 Å². The van der Waals surface area contributed by atoms with Gasteiger partial charge in [-0.15, -0.1) is 0 Å². The Morgan fingerprint density at radius 1 is 0.833 bits per heavy atom. The molecule has 1 aliphatic carbocycles. The van der Waals surface area contributed by atoms with Crippen LogP contribution in [-0.2, 0) is 16.1 Å². The minimum Gasteiger partial charge on any atom is -0.349 e. The van der Waals surface area contributed by atoms with Crippen molar-refractivity contribution in [1.82, 2.24) is 16.1 Å². The molecule has 0 bridgehead atoms. The van der Waals surface area contributed by atoms with Crippen LogP contribution in [0.2, 0.25) is 0 Å². The summed E-state index contributed by atoms with van der Waals surface area (Å²) in [4.78, 5) is 36.4. The van der Waals surface area contributed by atoms with Gasteiger partial charge in [-0.1, -0.05) is 66.7 Å². The highest BCUT2D eigenvalue weighted by atomic mass is 16.5. The van der Waals surface area contributed by atoms with E-state index in [0.717, 1.165) is 35.1 Å². The Balaban J connectivity index is 1.36. The average molecular weight is 482 g/mol. The molecule has 0 radical (unpaired) electrons. The lowest BCUT2D eigenvalue weighted by Gasteiger charge is -2.09. The zero-order valence-electron chi connectivity index (χ0n) is 19.6. The molecule has 1 aliphatic rings. The number of carbonyl (C=O) groups excluding carboxylic acids is 3. The van der Waals surface area contributed by atoms with E-state index in [9.17, 15) is 14.4 Å². The van der Waals surface area contributed by atoms with E-state index in [-0.39, 0.29) is 17.9 Å². The molecule has 1 saturated carbocycles. The molecular weight excluding hydrogens is 454 g/mol. The van der Waals surface area contributed by atoms with Crippen LogP contribution in [-0.4, -0.2) is 29.0 Å². The Hall–Kier alpha value is -4.49. The topological polar surface area (TPSA) is 108 Å². The lowest BCUT2D eigenvalue weighted by atomic mass is 10.0. The summed E-state index contributed by atoms with van der Waals surface area (Å²) in [6, 6.07) is 24.0. The van der Waals surface area contributed by atoms with Gasteiger partial charge in [-0.25, -0.2) is 5.48 Å². The van der Waals surface area contributed by atoms with E-state index in [1.807, 2.05) is 60.7 Å². The van der Waals surface area contributed by atoms with Crippen molar-refractivity contribution in [3.8, 4) is 0 Å². The molecule has 0 spiro atoms. The molecule has 0 saturated heterocycles. The monoisotopic (exact) mass is 481 g/mol. The van der Waals surface area contributed by atoms with Gasteiger partial charge < -0.3 is 10.6 Å². The molecule has 7 heteroatoms. The zero-order valence-corrected chi connectivity index (χ0v) is 19.6. The van der Waals surface area contributed by atoms with Crippen molar-refractivity contribution in [3.05, 3.63) is 113 Å². The smallest absolute Gasteiger partial charge is 0.274 e. The fourth-order valence-corrected chi connectivity index (χ4v) is 3.52. The van der Waals surface area contributed by atoms with Crippen LogP contribution in [0.3, 0.4) is 0 Å². The third-order valence-electron chi connectivity index (χ3n) is 5.70. The molecule has 4 N–H and O–H groups in total. The van der Waals surface area contributed by atoms with E-state index in [2.05, 4.69) is 10.6 Å². The maximum atomic E-state index is 12.8. The Bertz CT molecular complexity index is 1280. The van der Waals surface area contributed by atoms with Gasteiger partial charge in [-0.3, -0.25) is 19.6 Å². The first-order chi connectivity index (χ1) is 17.5. The van der Waals surface area contributed by atoms with Gasteiger partial charge in [0.05, 0.1) is 0 Å². The molecule has 7 nitrogen and oxygen atoms in total. The number of hydrogen-bond donors (Lipinski definition) is 4. The van der Waals surface area contributed by atoms with Crippen LogP contribution in [0, 0.1) is 0 Å². The van der Waals surface area contributed by atoms with Gasteiger partial charge in [-0.05, 0) is 59.4 Å². The number of rotatable bonds is 9. The number of hydrogen-bond acceptors (Lipinski definition) is 4. The Kier molecular flexibility index (Phi) is 8.05. The molecule has 3 amide bonds. The van der Waals surface area contributed by atoms with Gasteiger partial charge in [0.1, 0.15) is 0 Å². The predicted octanol–water partition coefficient (Wildman–Crippen LogP) is 3.95. The molecule has 4 rings (SSSR count). The molecule has 36 heavy (non-hydrogen) atoms. The summed E-state index contributed by atoms with van der Waals surface area (Å²) < 4.78 is 0. The fraction of sp³-hybridized carbons (Fsp3) is 0.138. The predicted molar refractivity (Wildman–Crippen MR) is 138 cm³/mol. The van der Waals surface area contributed by atoms with E-state index in [0.29, 0.717) is 17.7 Å². The quantitative estimate of drug-likeness (QED) is 0.161. The van der Waals surface area contributed by atoms with E-state index in [1.54, 1.807) is 35.8 Å². The third-order valence-corrected chi connectivity index (χ3v) is 5.70. The summed E-state index contributed by atoms with van der Waals surface area (Å²) in [6.45, 7) is 0.305. The first-order valence-corrected chi connectivity index (χ1v) is 11.7. The molecule has 3 aromatic rings. The molecule has 0 unspecified atom stereocenters. The van der Waals surface area contributed by atoms with Crippen LogP contribution in [0.15, 0.2) is 84.9 Å². The minimum atomic E-state index is -0.590. The van der Waals surface area contributed by atoms with Gasteiger partial charge in [-0.2, -0.15) is 0 Å². The van der Waals surface area contributed by atoms with Gasteiger partial charge in [0.15, 0.2) is 0 Å². The first kappa shape index (κ1) is 24.6. The van der Waals surface area contributed by atoms with Crippen molar-refractivity contribution in [2.45, 2.75) is 25.4 Å². The summed E-state index contributed by atoms with van der Waals surface area (Å²) in [5.74, 6) is -0.914. The first-order valence-electron chi connectivity index (χ1n) is 11.7. The largest absolute Gasteiger partial charge is 0.349 e. The lowest BCUT2D eigenvalue weighted by molar-refractivity contribution is -0.117. The number of hydroxylamine groups is 1. The summed E-state index contributed by atoms with van der Waals surface area (Å²) in [5.41, 5.74) is 5.95. The highest BCUT2D eigenvalue weighted by Gasteiger charge is 2.25. The second-order valence-corrected chi connectivity index (χ2v) is 8.53. The van der Waals surface area contributed by atoms with Crippen LogP contribution < -0.4 is 16.1 Å². The Morgan fingerprint density at radius 3 is 2.14 bits per heavy atom. The highest BCUT2D eigenvalue weighted by molar-refractivity contribution is 6.24. The summed E-state index contributed by atoms with van der Waals surface area (Å²) in [6.07, 6.45) is 7.10. The van der Waals surface area contributed by atoms with E-state index < -0.39 is 5.91 Å². The molecule has 0 aliphatic heterocycles. The fourth-order valence-electron chi connectivity index (χ4n) is 3.52. The number of carbonyl (C=O) groups is 3. The lowest BCUT2D eigenvalue weighted by Crippen LogP contribution is -2.26. The van der Waals surface area contributed by atoms with Crippen molar-refractivity contribution in [2.24, 2.45) is 0 Å². The second kappa shape index (κ2) is 11.8. The molecule has 1 fully saturated rings. The SMILES string of the molecule is O=C(C=Cc1ccc(/C=C(/C(=O)NC2CC2)c2ccccc2)cc1)NCc1ccc(C(=O)NO)cc1. The van der Waals surface area contributed by atoms with Gasteiger partial charge in [0.25, 0.3) is 11.8 Å². The maximum absolute atomic E-state index is 12.8. The number of amides is 3. The molecular formula is C29H27N3O4. The third kappa shape index (κ3) is 7.01. The average Bonchev–Trinajstić information content (AvgIpc) is 3.74. The number of benzene rings is 3. The minimum absolute atomic E-state index is 0.0735. The molecule has 3 aromatic carbocycles. The van der Waals surface area contributed by atoms with Crippen molar-refractivity contribution < 1.29 is 19.6 Å². The van der Waals surface area contributed by atoms with Crippen molar-refractivity contribution in [1.29, 1.82) is 0 Å². The van der Waals surface area contributed by atoms with Crippen molar-refractivity contribution >= 4 is 35.4 Å². The molecule has 182 valence electrons. The van der Waals surface area contributed by atoms with Crippen molar-refractivity contribution in [2.75, 3.05) is 0 Å². The second-order valence-electron chi connectivity index (χ2n) is 8.53. The Labute approximate surface area is 209 Å². The van der Waals surface area contributed by atoms with Gasteiger partial charge in [0.2, 0.25) is 5.91 Å². The Morgan fingerprint density at radius 2 is 1.50 bits per heavy atom. The van der Waals surface area contributed by atoms with Crippen LogP contribution in [0.25, 0.3) is 17.7 Å². The van der Waals surface area contributed by atoms with Gasteiger partial charge >= 0.3 is 0 Å². The van der Waals surface area contributed by atoms with E-state index in [4.69, 9.17) is 5.21 Å². The van der Waals surface area contributed by atoms with Crippen LogP contribution >= 0.6 is 0 Å². The molecule has 0 heterocycles. The summed E-state index contributed by atoms with van der Waals surface area (Å²) >= 11 is 0. The van der Waals surface area contributed by atoms with Gasteiger partial charge in [0, 0.05) is 29.8 Å². The summed E-state index contributed by atoms with van der Waals surface area (Å²) in [5, 5.41) is 14.5. The highest BCUT2D eigenvalue weighted by Crippen LogP contribution is 2.23.